The van der Waals surface area contributed by atoms with E-state index in [4.69, 9.17) is 4.74 Å². The molecule has 0 bridgehead atoms. The normalized spacial score (nSPS) is 21.9. The molecule has 2 aliphatic heterocycles. The van der Waals surface area contributed by atoms with Gasteiger partial charge < -0.3 is 14.5 Å². The van der Waals surface area contributed by atoms with E-state index >= 15 is 0 Å². The summed E-state index contributed by atoms with van der Waals surface area (Å²) in [7, 11) is 0. The molecule has 0 aliphatic carbocycles. The first-order valence-corrected chi connectivity index (χ1v) is 10.2. The van der Waals surface area contributed by atoms with Gasteiger partial charge >= 0.3 is 0 Å². The molecule has 1 aromatic carbocycles. The molecule has 150 valence electrons. The molecule has 1 saturated heterocycles. The van der Waals surface area contributed by atoms with E-state index < -0.39 is 0 Å². The number of amides is 1. The smallest absolute Gasteiger partial charge is 0.264 e. The predicted molar refractivity (Wildman–Crippen MR) is 112 cm³/mol. The maximum absolute atomic E-state index is 12.8. The maximum atomic E-state index is 12.8. The van der Waals surface area contributed by atoms with Crippen molar-refractivity contribution in [1.82, 2.24) is 4.90 Å². The lowest BCUT2D eigenvalue weighted by atomic mass is 9.79. The zero-order chi connectivity index (χ0) is 20.5. The zero-order valence-electron chi connectivity index (χ0n) is 17.7. The van der Waals surface area contributed by atoms with E-state index in [-0.39, 0.29) is 17.0 Å². The molecule has 2 heterocycles. The molecule has 5 heteroatoms. The topological polar surface area (TPSA) is 56.6 Å². The minimum atomic E-state index is -0.202. The Morgan fingerprint density at radius 1 is 1.36 bits per heavy atom. The number of anilines is 1. The van der Waals surface area contributed by atoms with E-state index in [1.54, 1.807) is 11.0 Å². The van der Waals surface area contributed by atoms with E-state index in [0.717, 1.165) is 24.1 Å². The van der Waals surface area contributed by atoms with Gasteiger partial charge in [-0.1, -0.05) is 6.92 Å². The van der Waals surface area contributed by atoms with E-state index in [0.29, 0.717) is 32.2 Å². The van der Waals surface area contributed by atoms with Crippen molar-refractivity contribution < 1.29 is 9.53 Å². The second-order valence-electron chi connectivity index (χ2n) is 8.50. The number of ether oxygens (including phenoxy) is 1. The second-order valence-corrected chi connectivity index (χ2v) is 8.50. The van der Waals surface area contributed by atoms with Crippen LogP contribution in [0.25, 0.3) is 6.08 Å². The lowest BCUT2D eigenvalue weighted by Gasteiger charge is -2.47. The Morgan fingerprint density at radius 2 is 2.04 bits per heavy atom. The van der Waals surface area contributed by atoms with E-state index in [1.807, 2.05) is 0 Å². The molecule has 5 nitrogen and oxygen atoms in total. The van der Waals surface area contributed by atoms with Gasteiger partial charge in [0.05, 0.1) is 13.2 Å². The van der Waals surface area contributed by atoms with Gasteiger partial charge in [0.1, 0.15) is 11.6 Å². The molecule has 1 fully saturated rings. The van der Waals surface area contributed by atoms with Gasteiger partial charge in [0.2, 0.25) is 0 Å². The first-order chi connectivity index (χ1) is 13.3. The number of morpholine rings is 1. The molecule has 0 radical (unpaired) electrons. The van der Waals surface area contributed by atoms with Crippen molar-refractivity contribution in [3.05, 3.63) is 34.4 Å². The van der Waals surface area contributed by atoms with Crippen LogP contribution in [0.2, 0.25) is 0 Å². The van der Waals surface area contributed by atoms with Crippen LogP contribution >= 0.6 is 0 Å². The number of carbonyl (C=O) groups is 1. The molecular formula is C23H31N3O2. The molecule has 1 amide bonds. The Labute approximate surface area is 168 Å². The quantitative estimate of drug-likeness (QED) is 0.589. The van der Waals surface area contributed by atoms with Crippen LogP contribution in [0.15, 0.2) is 17.7 Å². The number of nitrogens with zero attached hydrogens (tertiary/aromatic N) is 3. The summed E-state index contributed by atoms with van der Waals surface area (Å²) < 4.78 is 5.31. The highest BCUT2D eigenvalue weighted by Gasteiger charge is 2.35. The molecule has 3 rings (SSSR count). The Hall–Kier alpha value is -2.32. The van der Waals surface area contributed by atoms with Crippen molar-refractivity contribution in [2.75, 3.05) is 37.7 Å². The van der Waals surface area contributed by atoms with Gasteiger partial charge in [0.15, 0.2) is 0 Å². The van der Waals surface area contributed by atoms with Crippen LogP contribution in [0.3, 0.4) is 0 Å². The third-order valence-electron chi connectivity index (χ3n) is 6.04. The summed E-state index contributed by atoms with van der Waals surface area (Å²) in [5.74, 6) is 0.230. The molecule has 1 aromatic rings. The third kappa shape index (κ3) is 3.79. The average Bonchev–Trinajstić information content (AvgIpc) is 2.66. The maximum Gasteiger partial charge on any atom is 0.264 e. The Balaban J connectivity index is 1.99. The highest BCUT2D eigenvalue weighted by Crippen LogP contribution is 2.44. The summed E-state index contributed by atoms with van der Waals surface area (Å²) >= 11 is 0. The standard InChI is InChI=1S/C23H31N3O2/c1-6-26-21-11-16(2)18(13-20(21)17(3)14-23(26,4)5)12-19(15-24)22(27)25-7-9-28-10-8-25/h11-13,17H,6-10,14H2,1-5H3/b19-12-/t17-/m1/s1. The van der Waals surface area contributed by atoms with Gasteiger partial charge in [-0.05, 0) is 74.9 Å². The fraction of sp³-hybridized carbons (Fsp3) is 0.565. The summed E-state index contributed by atoms with van der Waals surface area (Å²) in [6, 6.07) is 6.51. The monoisotopic (exact) mass is 381 g/mol. The van der Waals surface area contributed by atoms with E-state index in [9.17, 15) is 10.1 Å². The molecular weight excluding hydrogens is 350 g/mol. The van der Waals surface area contributed by atoms with E-state index in [1.165, 1.54) is 11.3 Å². The van der Waals surface area contributed by atoms with Crippen LogP contribution in [0.4, 0.5) is 5.69 Å². The molecule has 0 aromatic heterocycles. The van der Waals surface area contributed by atoms with Crippen LogP contribution in [0.5, 0.6) is 0 Å². The first-order valence-electron chi connectivity index (χ1n) is 10.2. The van der Waals surface area contributed by atoms with Crippen LogP contribution in [0.1, 0.15) is 56.7 Å². The predicted octanol–water partition coefficient (Wildman–Crippen LogP) is 3.87. The third-order valence-corrected chi connectivity index (χ3v) is 6.04. The Kier molecular flexibility index (Phi) is 5.81. The summed E-state index contributed by atoms with van der Waals surface area (Å²) in [6.45, 7) is 14.2. The average molecular weight is 382 g/mol. The Morgan fingerprint density at radius 3 is 2.64 bits per heavy atom. The van der Waals surface area contributed by atoms with Gasteiger partial charge in [0, 0.05) is 30.9 Å². The molecule has 0 N–H and O–H groups in total. The largest absolute Gasteiger partial charge is 0.378 e. The summed E-state index contributed by atoms with van der Waals surface area (Å²) in [5, 5.41) is 9.61. The van der Waals surface area contributed by atoms with Crippen molar-refractivity contribution in [2.45, 2.75) is 52.5 Å². The number of benzene rings is 1. The minimum absolute atomic E-state index is 0.120. The molecule has 0 unspecified atom stereocenters. The van der Waals surface area contributed by atoms with Crippen molar-refractivity contribution in [1.29, 1.82) is 5.26 Å². The van der Waals surface area contributed by atoms with Crippen LogP contribution in [0, 0.1) is 18.3 Å². The highest BCUT2D eigenvalue weighted by atomic mass is 16.5. The van der Waals surface area contributed by atoms with Gasteiger partial charge in [-0.25, -0.2) is 0 Å². The van der Waals surface area contributed by atoms with Gasteiger partial charge in [-0.2, -0.15) is 5.26 Å². The van der Waals surface area contributed by atoms with Gasteiger partial charge in [-0.15, -0.1) is 0 Å². The second kappa shape index (κ2) is 7.97. The van der Waals surface area contributed by atoms with Gasteiger partial charge in [-0.3, -0.25) is 4.79 Å². The summed E-state index contributed by atoms with van der Waals surface area (Å²) in [5.41, 5.74) is 4.94. The van der Waals surface area contributed by atoms with Crippen LogP contribution in [-0.2, 0) is 9.53 Å². The number of hydrogen-bond acceptors (Lipinski definition) is 4. The molecule has 1 atom stereocenters. The van der Waals surface area contributed by atoms with Crippen LogP contribution < -0.4 is 4.90 Å². The molecule has 28 heavy (non-hydrogen) atoms. The number of rotatable bonds is 3. The number of nitriles is 1. The summed E-state index contributed by atoms with van der Waals surface area (Å²) in [4.78, 5) is 16.9. The summed E-state index contributed by atoms with van der Waals surface area (Å²) in [6.07, 6.45) is 2.84. The van der Waals surface area contributed by atoms with E-state index in [2.05, 4.69) is 57.7 Å². The number of fused-ring (bicyclic) bond motifs is 1. The minimum Gasteiger partial charge on any atom is -0.378 e. The van der Waals surface area contributed by atoms with Crippen molar-refractivity contribution in [3.63, 3.8) is 0 Å². The fourth-order valence-corrected chi connectivity index (χ4v) is 4.64. The molecule has 0 spiro atoms. The van der Waals surface area contributed by atoms with Crippen molar-refractivity contribution in [3.8, 4) is 6.07 Å². The highest BCUT2D eigenvalue weighted by molar-refractivity contribution is 6.02. The van der Waals surface area contributed by atoms with Crippen molar-refractivity contribution >= 4 is 17.7 Å². The fourth-order valence-electron chi connectivity index (χ4n) is 4.64. The van der Waals surface area contributed by atoms with Gasteiger partial charge in [0.25, 0.3) is 5.91 Å². The molecule has 2 aliphatic rings. The number of carbonyl (C=O) groups excluding carboxylic acids is 1. The first kappa shape index (κ1) is 20.4. The SMILES string of the molecule is CCN1c2cc(C)c(/C=C(/C#N)C(=O)N3CCOCC3)cc2[C@H](C)CC1(C)C. The number of hydrogen-bond donors (Lipinski definition) is 0. The van der Waals surface area contributed by atoms with Crippen LogP contribution in [-0.4, -0.2) is 49.2 Å². The molecule has 0 saturated carbocycles. The Bertz CT molecular complexity index is 829. The zero-order valence-corrected chi connectivity index (χ0v) is 17.7. The van der Waals surface area contributed by atoms with Crippen molar-refractivity contribution in [2.24, 2.45) is 0 Å². The lowest BCUT2D eigenvalue weighted by molar-refractivity contribution is -0.130. The lowest BCUT2D eigenvalue weighted by Crippen LogP contribution is -2.48. The number of aryl methyl sites for hydroxylation is 1.